The van der Waals surface area contributed by atoms with Crippen molar-refractivity contribution in [3.63, 3.8) is 0 Å². The summed E-state index contributed by atoms with van der Waals surface area (Å²) in [5.41, 5.74) is 0. The van der Waals surface area contributed by atoms with Gasteiger partial charge in [0, 0.05) is 12.1 Å². The van der Waals surface area contributed by atoms with Gasteiger partial charge in [-0.3, -0.25) is 0 Å². The van der Waals surface area contributed by atoms with E-state index in [9.17, 15) is 0 Å². The third kappa shape index (κ3) is 2.09. The molecule has 2 saturated carbocycles. The molecule has 0 aromatic rings. The largest absolute Gasteiger partial charge is 0.310 e. The molecule has 2 aliphatic rings. The minimum absolute atomic E-state index is 0.290. The fourth-order valence-electron chi connectivity index (χ4n) is 2.73. The van der Waals surface area contributed by atoms with E-state index in [1.54, 1.807) is 0 Å². The molecule has 0 aromatic carbocycles. The van der Waals surface area contributed by atoms with Crippen molar-refractivity contribution < 1.29 is 0 Å². The van der Waals surface area contributed by atoms with Crippen LogP contribution in [0, 0.1) is 23.2 Å². The van der Waals surface area contributed by atoms with E-state index >= 15 is 0 Å². The molecule has 2 nitrogen and oxygen atoms in total. The third-order valence-corrected chi connectivity index (χ3v) is 3.69. The summed E-state index contributed by atoms with van der Waals surface area (Å²) in [5, 5.41) is 12.6. The van der Waals surface area contributed by atoms with Gasteiger partial charge < -0.3 is 5.32 Å². The number of hydrogen-bond acceptors (Lipinski definition) is 2. The van der Waals surface area contributed by atoms with E-state index in [4.69, 9.17) is 5.26 Å². The van der Waals surface area contributed by atoms with E-state index < -0.39 is 0 Å². The predicted octanol–water partition coefficient (Wildman–Crippen LogP) is 2.46. The Morgan fingerprint density at radius 2 is 2.21 bits per heavy atom. The van der Waals surface area contributed by atoms with E-state index in [1.165, 1.54) is 32.1 Å². The monoisotopic (exact) mass is 192 g/mol. The molecule has 2 aliphatic carbocycles. The van der Waals surface area contributed by atoms with Crippen molar-refractivity contribution in [2.75, 3.05) is 0 Å². The van der Waals surface area contributed by atoms with E-state index in [2.05, 4.69) is 18.3 Å². The Morgan fingerprint density at radius 1 is 1.36 bits per heavy atom. The molecular formula is C12H20N2. The molecular weight excluding hydrogens is 172 g/mol. The van der Waals surface area contributed by atoms with Crippen molar-refractivity contribution in [2.24, 2.45) is 11.8 Å². The molecule has 0 saturated heterocycles. The van der Waals surface area contributed by atoms with Gasteiger partial charge in [-0.05, 0) is 31.6 Å². The van der Waals surface area contributed by atoms with E-state index in [0.717, 1.165) is 18.4 Å². The lowest BCUT2D eigenvalue weighted by atomic mass is 10.1. The molecule has 0 radical (unpaired) electrons. The average molecular weight is 192 g/mol. The molecule has 78 valence electrons. The number of nitriles is 1. The highest BCUT2D eigenvalue weighted by Gasteiger charge is 2.39. The molecule has 0 amide bonds. The lowest BCUT2D eigenvalue weighted by Gasteiger charge is -2.15. The van der Waals surface area contributed by atoms with Crippen LogP contribution in [0.1, 0.15) is 45.4 Å². The highest BCUT2D eigenvalue weighted by Crippen LogP contribution is 2.37. The Bertz CT molecular complexity index is 231. The third-order valence-electron chi connectivity index (χ3n) is 3.69. The fraction of sp³-hybridized carbons (Fsp3) is 0.917. The molecule has 0 aromatic heterocycles. The molecule has 14 heavy (non-hydrogen) atoms. The summed E-state index contributed by atoms with van der Waals surface area (Å²) < 4.78 is 0. The van der Waals surface area contributed by atoms with Gasteiger partial charge in [0.25, 0.3) is 0 Å². The minimum Gasteiger partial charge on any atom is -0.310 e. The van der Waals surface area contributed by atoms with Crippen LogP contribution in [0.2, 0.25) is 0 Å². The lowest BCUT2D eigenvalue weighted by Crippen LogP contribution is -2.34. The molecule has 4 unspecified atom stereocenters. The first-order chi connectivity index (χ1) is 6.85. The maximum Gasteiger partial charge on any atom is 0.0672 e. The molecule has 2 rings (SSSR count). The Kier molecular flexibility index (Phi) is 3.08. The van der Waals surface area contributed by atoms with Crippen LogP contribution in [0.25, 0.3) is 0 Å². The second kappa shape index (κ2) is 4.31. The highest BCUT2D eigenvalue weighted by atomic mass is 15.0. The van der Waals surface area contributed by atoms with E-state index in [0.29, 0.717) is 6.04 Å². The van der Waals surface area contributed by atoms with Gasteiger partial charge in [-0.1, -0.05) is 19.8 Å². The first-order valence-electron chi connectivity index (χ1n) is 6.00. The fourth-order valence-corrected chi connectivity index (χ4v) is 2.73. The van der Waals surface area contributed by atoms with Crippen LogP contribution >= 0.6 is 0 Å². The Morgan fingerprint density at radius 3 is 2.93 bits per heavy atom. The summed E-state index contributed by atoms with van der Waals surface area (Å²) in [6, 6.07) is 3.68. The average Bonchev–Trinajstić information content (AvgIpc) is 2.76. The number of rotatable bonds is 4. The lowest BCUT2D eigenvalue weighted by molar-refractivity contribution is 0.445. The van der Waals surface area contributed by atoms with Gasteiger partial charge in [0.2, 0.25) is 0 Å². The predicted molar refractivity (Wildman–Crippen MR) is 56.7 cm³/mol. The molecule has 0 aliphatic heterocycles. The molecule has 4 atom stereocenters. The maximum atomic E-state index is 8.95. The zero-order valence-corrected chi connectivity index (χ0v) is 9.00. The normalized spacial score (nSPS) is 40.9. The quantitative estimate of drug-likeness (QED) is 0.742. The summed E-state index contributed by atoms with van der Waals surface area (Å²) in [6.45, 7) is 2.25. The minimum atomic E-state index is 0.290. The maximum absolute atomic E-state index is 8.95. The highest BCUT2D eigenvalue weighted by molar-refractivity contribution is 5.02. The summed E-state index contributed by atoms with van der Waals surface area (Å²) >= 11 is 0. The van der Waals surface area contributed by atoms with Crippen molar-refractivity contribution in [1.29, 1.82) is 5.26 Å². The topological polar surface area (TPSA) is 35.8 Å². The van der Waals surface area contributed by atoms with Crippen LogP contribution in [0.3, 0.4) is 0 Å². The Labute approximate surface area is 86.7 Å². The second-order valence-corrected chi connectivity index (χ2v) is 4.83. The van der Waals surface area contributed by atoms with Gasteiger partial charge in [-0.25, -0.2) is 0 Å². The molecule has 0 bridgehead atoms. The summed E-state index contributed by atoms with van der Waals surface area (Å²) in [6.07, 6.45) is 7.58. The summed E-state index contributed by atoms with van der Waals surface area (Å²) in [7, 11) is 0. The molecule has 0 heterocycles. The summed E-state index contributed by atoms with van der Waals surface area (Å²) in [5.74, 6) is 1.21. The molecule has 2 fully saturated rings. The van der Waals surface area contributed by atoms with Gasteiger partial charge in [-0.2, -0.15) is 5.26 Å². The number of hydrogen-bond donors (Lipinski definition) is 1. The SMILES string of the molecule is CCCC1CC1NC1CCCC1C#N. The zero-order chi connectivity index (χ0) is 9.97. The van der Waals surface area contributed by atoms with Crippen LogP contribution in [0.4, 0.5) is 0 Å². The zero-order valence-electron chi connectivity index (χ0n) is 9.00. The number of nitrogens with zero attached hydrogens (tertiary/aromatic N) is 1. The smallest absolute Gasteiger partial charge is 0.0672 e. The van der Waals surface area contributed by atoms with Gasteiger partial charge in [0.05, 0.1) is 12.0 Å². The van der Waals surface area contributed by atoms with Gasteiger partial charge in [-0.15, -0.1) is 0 Å². The van der Waals surface area contributed by atoms with Crippen molar-refractivity contribution in [1.82, 2.24) is 5.32 Å². The first kappa shape index (κ1) is 9.98. The second-order valence-electron chi connectivity index (χ2n) is 4.83. The van der Waals surface area contributed by atoms with Crippen molar-refractivity contribution in [3.8, 4) is 6.07 Å². The van der Waals surface area contributed by atoms with Crippen LogP contribution in [-0.2, 0) is 0 Å². The van der Waals surface area contributed by atoms with Crippen LogP contribution in [0.5, 0.6) is 0 Å². The summed E-state index contributed by atoms with van der Waals surface area (Å²) in [4.78, 5) is 0. The molecule has 2 heteroatoms. The van der Waals surface area contributed by atoms with Gasteiger partial charge in [0.1, 0.15) is 0 Å². The van der Waals surface area contributed by atoms with Crippen molar-refractivity contribution >= 4 is 0 Å². The Hall–Kier alpha value is -0.550. The van der Waals surface area contributed by atoms with E-state index in [1.807, 2.05) is 0 Å². The molecule has 0 spiro atoms. The van der Waals surface area contributed by atoms with Crippen molar-refractivity contribution in [3.05, 3.63) is 0 Å². The van der Waals surface area contributed by atoms with Gasteiger partial charge in [0.15, 0.2) is 0 Å². The van der Waals surface area contributed by atoms with Crippen molar-refractivity contribution in [2.45, 2.75) is 57.5 Å². The van der Waals surface area contributed by atoms with Gasteiger partial charge >= 0.3 is 0 Å². The Balaban J connectivity index is 1.74. The number of nitrogens with one attached hydrogen (secondary N) is 1. The van der Waals surface area contributed by atoms with Crippen LogP contribution in [0.15, 0.2) is 0 Å². The van der Waals surface area contributed by atoms with E-state index in [-0.39, 0.29) is 5.92 Å². The standard InChI is InChI=1S/C12H20N2/c1-2-4-9-7-12(9)14-11-6-3-5-10(11)8-13/h9-12,14H,2-7H2,1H3. The van der Waals surface area contributed by atoms with Crippen LogP contribution < -0.4 is 5.32 Å². The van der Waals surface area contributed by atoms with Crippen LogP contribution in [-0.4, -0.2) is 12.1 Å². The first-order valence-corrected chi connectivity index (χ1v) is 6.00. The molecule has 1 N–H and O–H groups in total.